The van der Waals surface area contributed by atoms with E-state index >= 15 is 0 Å². The van der Waals surface area contributed by atoms with Crippen LogP contribution < -0.4 is 0 Å². The van der Waals surface area contributed by atoms with Crippen LogP contribution in [-0.4, -0.2) is 14.4 Å². The molecule has 17 heavy (non-hydrogen) atoms. The monoisotopic (exact) mass is 254 g/mol. The van der Waals surface area contributed by atoms with Crippen LogP contribution in [0, 0.1) is 11.3 Å². The molecule has 2 unspecified atom stereocenters. The third-order valence-corrected chi connectivity index (χ3v) is 10.5. The van der Waals surface area contributed by atoms with Crippen LogP contribution in [-0.2, 0) is 4.43 Å². The van der Waals surface area contributed by atoms with Crippen molar-refractivity contribution < 1.29 is 4.43 Å². The van der Waals surface area contributed by atoms with E-state index in [9.17, 15) is 0 Å². The van der Waals surface area contributed by atoms with Crippen molar-refractivity contribution in [3.63, 3.8) is 0 Å². The first-order valence-electron chi connectivity index (χ1n) is 7.79. The predicted octanol–water partition coefficient (Wildman–Crippen LogP) is 4.98. The number of hydrogen-bond acceptors (Lipinski definition) is 1. The van der Waals surface area contributed by atoms with Crippen molar-refractivity contribution in [1.29, 1.82) is 0 Å². The van der Waals surface area contributed by atoms with Gasteiger partial charge < -0.3 is 4.43 Å². The Balaban J connectivity index is 2.10. The van der Waals surface area contributed by atoms with E-state index in [1.54, 1.807) is 0 Å². The minimum absolute atomic E-state index is 0.614. The van der Waals surface area contributed by atoms with E-state index in [0.29, 0.717) is 11.5 Å². The molecular formula is C15H30OSi. The smallest absolute Gasteiger partial charge is 0.192 e. The highest BCUT2D eigenvalue weighted by Gasteiger charge is 2.52. The second-order valence-electron chi connectivity index (χ2n) is 6.51. The fourth-order valence-corrected chi connectivity index (χ4v) is 7.11. The molecule has 2 fully saturated rings. The van der Waals surface area contributed by atoms with Crippen molar-refractivity contribution in [2.75, 3.05) is 0 Å². The van der Waals surface area contributed by atoms with Gasteiger partial charge in [0.1, 0.15) is 0 Å². The van der Waals surface area contributed by atoms with Gasteiger partial charge in [-0.2, -0.15) is 0 Å². The Morgan fingerprint density at radius 2 is 1.65 bits per heavy atom. The maximum absolute atomic E-state index is 6.86. The molecular weight excluding hydrogens is 224 g/mol. The Morgan fingerprint density at radius 3 is 2.06 bits per heavy atom. The van der Waals surface area contributed by atoms with Crippen molar-refractivity contribution in [3.05, 3.63) is 0 Å². The number of rotatable bonds is 5. The van der Waals surface area contributed by atoms with E-state index < -0.39 is 8.32 Å². The van der Waals surface area contributed by atoms with Crippen LogP contribution in [0.2, 0.25) is 18.1 Å². The van der Waals surface area contributed by atoms with Crippen molar-refractivity contribution in [3.8, 4) is 0 Å². The van der Waals surface area contributed by atoms with Crippen LogP contribution in [0.4, 0.5) is 0 Å². The topological polar surface area (TPSA) is 9.23 Å². The first-order chi connectivity index (χ1) is 8.11. The molecule has 0 saturated heterocycles. The fraction of sp³-hybridized carbons (Fsp3) is 1.00. The van der Waals surface area contributed by atoms with Crippen molar-refractivity contribution >= 4 is 8.32 Å². The second-order valence-corrected chi connectivity index (χ2v) is 11.2. The highest BCUT2D eigenvalue weighted by molar-refractivity contribution is 6.73. The molecule has 0 aromatic heterocycles. The van der Waals surface area contributed by atoms with Gasteiger partial charge >= 0.3 is 0 Å². The van der Waals surface area contributed by atoms with E-state index in [2.05, 4.69) is 27.7 Å². The third kappa shape index (κ3) is 2.23. The zero-order valence-corrected chi connectivity index (χ0v) is 13.2. The first-order valence-corrected chi connectivity index (χ1v) is 10.3. The van der Waals surface area contributed by atoms with E-state index in [4.69, 9.17) is 4.43 Å². The zero-order valence-electron chi connectivity index (χ0n) is 12.2. The van der Waals surface area contributed by atoms with Gasteiger partial charge in [0.15, 0.2) is 8.32 Å². The lowest BCUT2D eigenvalue weighted by Crippen LogP contribution is -2.49. The standard InChI is InChI=1S/C15H30OSi/c1-5-17(6-2,7-3)16-14-13(4)9-12-15(14)10-8-11-15/h13-14H,5-12H2,1-4H3. The molecule has 1 nitrogen and oxygen atoms in total. The summed E-state index contributed by atoms with van der Waals surface area (Å²) in [6, 6.07) is 3.91. The van der Waals surface area contributed by atoms with E-state index in [-0.39, 0.29) is 0 Å². The molecule has 0 N–H and O–H groups in total. The van der Waals surface area contributed by atoms with Gasteiger partial charge in [0.25, 0.3) is 0 Å². The SMILES string of the molecule is CC[Si](CC)(CC)OC1C(C)CCC12CCC2. The maximum Gasteiger partial charge on any atom is 0.192 e. The lowest BCUT2D eigenvalue weighted by molar-refractivity contribution is -0.0151. The van der Waals surface area contributed by atoms with Gasteiger partial charge in [-0.15, -0.1) is 0 Å². The van der Waals surface area contributed by atoms with Gasteiger partial charge in [-0.05, 0) is 55.1 Å². The molecule has 2 rings (SSSR count). The van der Waals surface area contributed by atoms with Gasteiger partial charge in [0.2, 0.25) is 0 Å². The summed E-state index contributed by atoms with van der Waals surface area (Å²) >= 11 is 0. The van der Waals surface area contributed by atoms with Gasteiger partial charge in [-0.25, -0.2) is 0 Å². The molecule has 2 saturated carbocycles. The van der Waals surface area contributed by atoms with Crippen LogP contribution in [0.3, 0.4) is 0 Å². The Bertz CT molecular complexity index is 247. The van der Waals surface area contributed by atoms with Gasteiger partial charge in [0, 0.05) is 0 Å². The zero-order chi connectivity index (χ0) is 12.5. The minimum atomic E-state index is -1.40. The predicted molar refractivity (Wildman–Crippen MR) is 76.8 cm³/mol. The van der Waals surface area contributed by atoms with Crippen molar-refractivity contribution in [1.82, 2.24) is 0 Å². The molecule has 100 valence electrons. The summed E-state index contributed by atoms with van der Waals surface area (Å²) in [5.41, 5.74) is 0.622. The van der Waals surface area contributed by atoms with E-state index in [0.717, 1.165) is 5.92 Å². The average molecular weight is 254 g/mol. The van der Waals surface area contributed by atoms with Gasteiger partial charge in [-0.3, -0.25) is 0 Å². The largest absolute Gasteiger partial charge is 0.413 e. The molecule has 0 radical (unpaired) electrons. The average Bonchev–Trinajstić information content (AvgIpc) is 2.64. The van der Waals surface area contributed by atoms with Crippen LogP contribution in [0.1, 0.15) is 59.8 Å². The summed E-state index contributed by atoms with van der Waals surface area (Å²) in [5.74, 6) is 0.812. The summed E-state index contributed by atoms with van der Waals surface area (Å²) < 4.78 is 6.86. The van der Waals surface area contributed by atoms with Crippen LogP contribution in [0.15, 0.2) is 0 Å². The summed E-state index contributed by atoms with van der Waals surface area (Å²) in [7, 11) is -1.40. The molecule has 0 bridgehead atoms. The fourth-order valence-electron chi connectivity index (χ4n) is 4.09. The van der Waals surface area contributed by atoms with Crippen LogP contribution >= 0.6 is 0 Å². The Morgan fingerprint density at radius 1 is 1.06 bits per heavy atom. The first kappa shape index (κ1) is 13.6. The van der Waals surface area contributed by atoms with Crippen molar-refractivity contribution in [2.24, 2.45) is 11.3 Å². The molecule has 0 heterocycles. The lowest BCUT2D eigenvalue weighted by Gasteiger charge is -2.48. The Hall–Kier alpha value is 0.177. The lowest BCUT2D eigenvalue weighted by atomic mass is 9.66. The van der Waals surface area contributed by atoms with Gasteiger partial charge in [-0.1, -0.05) is 34.1 Å². The van der Waals surface area contributed by atoms with E-state index in [1.165, 1.54) is 50.2 Å². The third-order valence-electron chi connectivity index (χ3n) is 5.88. The molecule has 0 amide bonds. The van der Waals surface area contributed by atoms with Crippen molar-refractivity contribution in [2.45, 2.75) is 84.0 Å². The molecule has 2 heteroatoms. The molecule has 0 aromatic carbocycles. The van der Waals surface area contributed by atoms with Crippen LogP contribution in [0.5, 0.6) is 0 Å². The summed E-state index contributed by atoms with van der Waals surface area (Å²) in [4.78, 5) is 0. The molecule has 1 spiro atoms. The molecule has 0 aromatic rings. The number of hydrogen-bond donors (Lipinski definition) is 0. The molecule has 2 aliphatic carbocycles. The normalized spacial score (nSPS) is 31.8. The summed E-state index contributed by atoms with van der Waals surface area (Å²) in [6.45, 7) is 9.49. The van der Waals surface area contributed by atoms with Crippen LogP contribution in [0.25, 0.3) is 0 Å². The van der Waals surface area contributed by atoms with E-state index in [1.807, 2.05) is 0 Å². The maximum atomic E-state index is 6.86. The Kier molecular flexibility index (Phi) is 4.04. The quantitative estimate of drug-likeness (QED) is 0.629. The molecule has 0 aliphatic heterocycles. The molecule has 2 atom stereocenters. The Labute approximate surface area is 108 Å². The second kappa shape index (κ2) is 5.04. The summed E-state index contributed by atoms with van der Waals surface area (Å²) in [6.07, 6.45) is 7.81. The highest BCUT2D eigenvalue weighted by atomic mass is 28.4. The van der Waals surface area contributed by atoms with Gasteiger partial charge in [0.05, 0.1) is 6.10 Å². The highest BCUT2D eigenvalue weighted by Crippen LogP contribution is 2.57. The molecule has 2 aliphatic rings. The minimum Gasteiger partial charge on any atom is -0.413 e. The summed E-state index contributed by atoms with van der Waals surface area (Å²) in [5, 5.41) is 0.